The Labute approximate surface area is 123 Å². The third kappa shape index (κ3) is 3.43. The van der Waals surface area contributed by atoms with Crippen molar-refractivity contribution in [2.75, 3.05) is 31.3 Å². The monoisotopic (exact) mass is 328 g/mol. The van der Waals surface area contributed by atoms with E-state index in [0.29, 0.717) is 0 Å². The summed E-state index contributed by atoms with van der Waals surface area (Å²) in [7, 11) is 2.00. The van der Waals surface area contributed by atoms with Gasteiger partial charge in [0, 0.05) is 35.0 Å². The summed E-state index contributed by atoms with van der Waals surface area (Å²) in [6, 6.07) is 6.62. The number of benzene rings is 1. The predicted molar refractivity (Wildman–Crippen MR) is 85.7 cm³/mol. The van der Waals surface area contributed by atoms with Crippen molar-refractivity contribution in [3.05, 3.63) is 28.2 Å². The molecule has 1 aliphatic heterocycles. The standard InChI is InChI=1S/C14H21BrN2S/c1-16-10-11-9-12(15)3-4-14(11)17-7-5-13(18-2)6-8-17/h3-4,9,13,16H,5-8,10H2,1-2H3. The van der Waals surface area contributed by atoms with E-state index in [1.165, 1.54) is 37.2 Å². The highest BCUT2D eigenvalue weighted by Crippen LogP contribution is 2.29. The van der Waals surface area contributed by atoms with Crippen LogP contribution in [-0.4, -0.2) is 31.6 Å². The minimum absolute atomic E-state index is 0.851. The molecule has 0 unspecified atom stereocenters. The van der Waals surface area contributed by atoms with Crippen molar-refractivity contribution < 1.29 is 0 Å². The summed E-state index contributed by atoms with van der Waals surface area (Å²) in [5.74, 6) is 0. The average molecular weight is 329 g/mol. The Hall–Kier alpha value is -0.190. The maximum absolute atomic E-state index is 3.56. The van der Waals surface area contributed by atoms with E-state index in [9.17, 15) is 0 Å². The summed E-state index contributed by atoms with van der Waals surface area (Å²) < 4.78 is 1.16. The number of piperidine rings is 1. The van der Waals surface area contributed by atoms with Gasteiger partial charge >= 0.3 is 0 Å². The Morgan fingerprint density at radius 1 is 1.39 bits per heavy atom. The van der Waals surface area contributed by atoms with E-state index < -0.39 is 0 Å². The molecule has 18 heavy (non-hydrogen) atoms. The highest BCUT2D eigenvalue weighted by molar-refractivity contribution is 9.10. The van der Waals surface area contributed by atoms with Gasteiger partial charge in [0.2, 0.25) is 0 Å². The van der Waals surface area contributed by atoms with Crippen LogP contribution in [0.2, 0.25) is 0 Å². The van der Waals surface area contributed by atoms with Crippen molar-refractivity contribution in [2.24, 2.45) is 0 Å². The quantitative estimate of drug-likeness (QED) is 0.910. The minimum atomic E-state index is 0.851. The summed E-state index contributed by atoms with van der Waals surface area (Å²) in [5, 5.41) is 4.11. The molecule has 1 heterocycles. The number of rotatable bonds is 4. The van der Waals surface area contributed by atoms with E-state index in [4.69, 9.17) is 0 Å². The number of halogens is 1. The van der Waals surface area contributed by atoms with Crippen LogP contribution >= 0.6 is 27.7 Å². The first-order chi connectivity index (χ1) is 8.74. The molecule has 1 aromatic carbocycles. The van der Waals surface area contributed by atoms with Crippen LogP contribution in [0.3, 0.4) is 0 Å². The fraction of sp³-hybridized carbons (Fsp3) is 0.571. The third-order valence-electron chi connectivity index (χ3n) is 3.52. The molecule has 0 aliphatic carbocycles. The van der Waals surface area contributed by atoms with Gasteiger partial charge in [0.1, 0.15) is 0 Å². The summed E-state index contributed by atoms with van der Waals surface area (Å²) in [6.45, 7) is 3.30. The second kappa shape index (κ2) is 6.83. The van der Waals surface area contributed by atoms with Crippen LogP contribution in [0.5, 0.6) is 0 Å². The molecule has 100 valence electrons. The summed E-state index contributed by atoms with van der Waals surface area (Å²) in [4.78, 5) is 2.53. The smallest absolute Gasteiger partial charge is 0.0412 e. The van der Waals surface area contributed by atoms with E-state index in [0.717, 1.165) is 16.3 Å². The molecule has 1 aliphatic rings. The van der Waals surface area contributed by atoms with Crippen molar-refractivity contribution in [2.45, 2.75) is 24.6 Å². The second-order valence-electron chi connectivity index (χ2n) is 4.73. The lowest BCUT2D eigenvalue weighted by molar-refractivity contribution is 0.589. The van der Waals surface area contributed by atoms with E-state index in [1.54, 1.807) is 0 Å². The largest absolute Gasteiger partial charge is 0.371 e. The average Bonchev–Trinajstić information content (AvgIpc) is 2.40. The van der Waals surface area contributed by atoms with Gasteiger partial charge in [-0.1, -0.05) is 15.9 Å². The fourth-order valence-electron chi connectivity index (χ4n) is 2.53. The lowest BCUT2D eigenvalue weighted by Crippen LogP contribution is -2.35. The molecule has 1 aromatic rings. The topological polar surface area (TPSA) is 15.3 Å². The molecule has 0 spiro atoms. The molecule has 1 N–H and O–H groups in total. The first-order valence-electron chi connectivity index (χ1n) is 6.45. The lowest BCUT2D eigenvalue weighted by Gasteiger charge is -2.34. The van der Waals surface area contributed by atoms with Gasteiger partial charge in [-0.2, -0.15) is 11.8 Å². The minimum Gasteiger partial charge on any atom is -0.371 e. The molecule has 2 nitrogen and oxygen atoms in total. The molecule has 0 amide bonds. The predicted octanol–water partition coefficient (Wildman–Crippen LogP) is 3.50. The molecule has 2 rings (SSSR count). The molecule has 0 saturated carbocycles. The molecular weight excluding hydrogens is 308 g/mol. The number of nitrogens with one attached hydrogen (secondary N) is 1. The Morgan fingerprint density at radius 3 is 2.72 bits per heavy atom. The van der Waals surface area contributed by atoms with Crippen molar-refractivity contribution in [1.82, 2.24) is 5.32 Å². The van der Waals surface area contributed by atoms with Gasteiger partial charge in [-0.3, -0.25) is 0 Å². The van der Waals surface area contributed by atoms with E-state index >= 15 is 0 Å². The third-order valence-corrected chi connectivity index (χ3v) is 5.16. The van der Waals surface area contributed by atoms with Gasteiger partial charge in [0.25, 0.3) is 0 Å². The van der Waals surface area contributed by atoms with E-state index in [2.05, 4.69) is 50.6 Å². The van der Waals surface area contributed by atoms with Gasteiger partial charge < -0.3 is 10.2 Å². The summed E-state index contributed by atoms with van der Waals surface area (Å²) in [6.07, 6.45) is 4.83. The Morgan fingerprint density at radius 2 is 2.11 bits per heavy atom. The number of thioether (sulfide) groups is 1. The normalized spacial score (nSPS) is 17.2. The van der Waals surface area contributed by atoms with Crippen LogP contribution in [0.25, 0.3) is 0 Å². The van der Waals surface area contributed by atoms with Crippen LogP contribution in [0.15, 0.2) is 22.7 Å². The van der Waals surface area contributed by atoms with Crippen LogP contribution in [-0.2, 0) is 6.54 Å². The first kappa shape index (κ1) is 14.2. The number of nitrogens with zero attached hydrogens (tertiary/aromatic N) is 1. The summed E-state index contributed by atoms with van der Waals surface area (Å²) >= 11 is 5.57. The zero-order chi connectivity index (χ0) is 13.0. The lowest BCUT2D eigenvalue weighted by atomic mass is 10.1. The SMILES string of the molecule is CNCc1cc(Br)ccc1N1CCC(SC)CC1. The van der Waals surface area contributed by atoms with Crippen molar-refractivity contribution in [3.63, 3.8) is 0 Å². The fourth-order valence-corrected chi connectivity index (χ4v) is 3.62. The van der Waals surface area contributed by atoms with Gasteiger partial charge in [-0.05, 0) is 49.9 Å². The Balaban J connectivity index is 2.13. The molecule has 0 bridgehead atoms. The Bertz CT molecular complexity index is 389. The highest BCUT2D eigenvalue weighted by Gasteiger charge is 2.20. The zero-order valence-corrected chi connectivity index (χ0v) is 13.5. The van der Waals surface area contributed by atoms with E-state index in [1.807, 2.05) is 18.8 Å². The zero-order valence-electron chi connectivity index (χ0n) is 11.1. The van der Waals surface area contributed by atoms with Gasteiger partial charge in [0.05, 0.1) is 0 Å². The molecular formula is C14H21BrN2S. The number of hydrogen-bond acceptors (Lipinski definition) is 3. The van der Waals surface area contributed by atoms with Crippen LogP contribution in [0.4, 0.5) is 5.69 Å². The number of anilines is 1. The summed E-state index contributed by atoms with van der Waals surface area (Å²) in [5.41, 5.74) is 2.78. The van der Waals surface area contributed by atoms with Gasteiger partial charge in [-0.25, -0.2) is 0 Å². The van der Waals surface area contributed by atoms with Crippen molar-refractivity contribution in [1.29, 1.82) is 0 Å². The molecule has 0 atom stereocenters. The highest BCUT2D eigenvalue weighted by atomic mass is 79.9. The van der Waals surface area contributed by atoms with Gasteiger partial charge in [0.15, 0.2) is 0 Å². The van der Waals surface area contributed by atoms with Crippen molar-refractivity contribution >= 4 is 33.4 Å². The molecule has 4 heteroatoms. The second-order valence-corrected chi connectivity index (χ2v) is 6.78. The van der Waals surface area contributed by atoms with Gasteiger partial charge in [-0.15, -0.1) is 0 Å². The molecule has 0 aromatic heterocycles. The molecule has 1 saturated heterocycles. The van der Waals surface area contributed by atoms with Crippen molar-refractivity contribution in [3.8, 4) is 0 Å². The van der Waals surface area contributed by atoms with Crippen LogP contribution < -0.4 is 10.2 Å². The maximum atomic E-state index is 3.56. The first-order valence-corrected chi connectivity index (χ1v) is 8.53. The molecule has 1 fully saturated rings. The maximum Gasteiger partial charge on any atom is 0.0412 e. The van der Waals surface area contributed by atoms with E-state index in [-0.39, 0.29) is 0 Å². The molecule has 0 radical (unpaired) electrons. The van der Waals surface area contributed by atoms with Crippen LogP contribution in [0, 0.1) is 0 Å². The Kier molecular flexibility index (Phi) is 5.39. The number of hydrogen-bond donors (Lipinski definition) is 1. The van der Waals surface area contributed by atoms with Crippen LogP contribution in [0.1, 0.15) is 18.4 Å².